The molecule has 5 rings (SSSR count). The van der Waals surface area contributed by atoms with Crippen LogP contribution in [0.15, 0.2) is 47.8 Å². The Kier molecular flexibility index (Phi) is 7.62. The first-order valence-corrected chi connectivity index (χ1v) is 12.2. The quantitative estimate of drug-likeness (QED) is 0.259. The molecule has 4 aromatic rings. The lowest BCUT2D eigenvalue weighted by Gasteiger charge is -2.12. The van der Waals surface area contributed by atoms with E-state index in [2.05, 4.69) is 41.8 Å². The molecule has 0 saturated carbocycles. The normalized spacial score (nSPS) is 15.6. The molecule has 0 unspecified atom stereocenters. The van der Waals surface area contributed by atoms with E-state index in [0.29, 0.717) is 36.3 Å². The molecule has 1 atom stereocenters. The fourth-order valence-corrected chi connectivity index (χ4v) is 4.27. The van der Waals surface area contributed by atoms with Crippen LogP contribution in [-0.2, 0) is 17.9 Å². The fourth-order valence-electron chi connectivity index (χ4n) is 4.27. The number of terminal acetylenes is 1. The highest BCUT2D eigenvalue weighted by molar-refractivity contribution is 5.98. The van der Waals surface area contributed by atoms with Crippen molar-refractivity contribution < 1.29 is 13.5 Å². The van der Waals surface area contributed by atoms with Gasteiger partial charge in [-0.3, -0.25) is 9.97 Å². The van der Waals surface area contributed by atoms with E-state index in [9.17, 15) is 8.78 Å². The Hall–Kier alpha value is -4.27. The molecule has 2 N–H and O–H groups in total. The van der Waals surface area contributed by atoms with E-state index in [1.165, 1.54) is 23.2 Å². The number of rotatable bonds is 9. The molecule has 1 fully saturated rings. The van der Waals surface area contributed by atoms with Gasteiger partial charge >= 0.3 is 0 Å². The summed E-state index contributed by atoms with van der Waals surface area (Å²) in [4.78, 5) is 9.05. The van der Waals surface area contributed by atoms with Crippen molar-refractivity contribution >= 4 is 22.4 Å². The molecule has 0 aliphatic carbocycles. The zero-order chi connectivity index (χ0) is 26.5. The second kappa shape index (κ2) is 11.4. The first kappa shape index (κ1) is 25.4. The third-order valence-corrected chi connectivity index (χ3v) is 6.19. The Bertz CT molecular complexity index is 1500. The van der Waals surface area contributed by atoms with Gasteiger partial charge in [0.05, 0.1) is 36.7 Å². The first-order chi connectivity index (χ1) is 18.5. The van der Waals surface area contributed by atoms with Crippen LogP contribution >= 0.6 is 0 Å². The van der Waals surface area contributed by atoms with Gasteiger partial charge in [-0.2, -0.15) is 9.78 Å². The van der Waals surface area contributed by atoms with Crippen molar-refractivity contribution in [1.82, 2.24) is 30.2 Å². The average Bonchev–Trinajstić information content (AvgIpc) is 3.56. The molecular weight excluding hydrogens is 490 g/mol. The molecule has 0 radical (unpaired) electrons. The molecule has 38 heavy (non-hydrogen) atoms. The highest BCUT2D eigenvalue weighted by atomic mass is 19.1. The Labute approximate surface area is 218 Å². The number of aromatic nitrogens is 5. The zero-order valence-corrected chi connectivity index (χ0v) is 20.8. The molecule has 0 spiro atoms. The second-order valence-electron chi connectivity index (χ2n) is 8.97. The minimum Gasteiger partial charge on any atom is -0.376 e. The maximum atomic E-state index is 13.7. The minimum absolute atomic E-state index is 0.160. The van der Waals surface area contributed by atoms with E-state index < -0.39 is 11.6 Å². The summed E-state index contributed by atoms with van der Waals surface area (Å²) < 4.78 is 34.6. The largest absolute Gasteiger partial charge is 0.376 e. The topological polar surface area (TPSA) is 102 Å². The van der Waals surface area contributed by atoms with Crippen LogP contribution in [0.2, 0.25) is 0 Å². The van der Waals surface area contributed by atoms with Crippen LogP contribution < -0.4 is 10.6 Å². The lowest BCUT2D eigenvalue weighted by atomic mass is 10.1. The van der Waals surface area contributed by atoms with Crippen LogP contribution in [0.4, 0.5) is 14.5 Å². The smallest absolute Gasteiger partial charge is 0.228 e. The van der Waals surface area contributed by atoms with Gasteiger partial charge in [-0.15, -0.1) is 16.6 Å². The maximum Gasteiger partial charge on any atom is 0.228 e. The molecule has 194 valence electrons. The highest BCUT2D eigenvalue weighted by Gasteiger charge is 2.15. The Morgan fingerprint density at radius 3 is 2.84 bits per heavy atom. The zero-order valence-electron chi connectivity index (χ0n) is 20.8. The number of ether oxygens (including phenoxy) is 1. The Morgan fingerprint density at radius 2 is 2.08 bits per heavy atom. The van der Waals surface area contributed by atoms with E-state index in [0.717, 1.165) is 35.8 Å². The second-order valence-corrected chi connectivity index (χ2v) is 8.97. The van der Waals surface area contributed by atoms with Gasteiger partial charge in [0.2, 0.25) is 5.82 Å². The molecule has 11 heteroatoms. The lowest BCUT2D eigenvalue weighted by Crippen LogP contribution is -2.26. The molecule has 0 bridgehead atoms. The molecular formula is C27H26F2N8O. The van der Waals surface area contributed by atoms with Crippen LogP contribution in [0.1, 0.15) is 42.5 Å². The van der Waals surface area contributed by atoms with Gasteiger partial charge in [-0.05, 0) is 62.1 Å². The van der Waals surface area contributed by atoms with E-state index in [4.69, 9.17) is 11.2 Å². The van der Waals surface area contributed by atoms with Crippen LogP contribution in [0.3, 0.4) is 0 Å². The van der Waals surface area contributed by atoms with E-state index >= 15 is 0 Å². The van der Waals surface area contributed by atoms with Gasteiger partial charge in [0, 0.05) is 30.1 Å². The number of pyridine rings is 2. The number of nitrogens with zero attached hydrogens (tertiary/aromatic N) is 6. The number of anilines is 1. The summed E-state index contributed by atoms with van der Waals surface area (Å²) in [6.45, 7) is 4.01. The van der Waals surface area contributed by atoms with Crippen LogP contribution in [0.5, 0.6) is 0 Å². The summed E-state index contributed by atoms with van der Waals surface area (Å²) in [5.41, 5.74) is 3.71. The summed E-state index contributed by atoms with van der Waals surface area (Å²) in [5, 5.41) is 19.3. The van der Waals surface area contributed by atoms with Crippen molar-refractivity contribution in [2.45, 2.75) is 39.0 Å². The lowest BCUT2D eigenvalue weighted by molar-refractivity contribution is 0.103. The maximum absolute atomic E-state index is 13.7. The van der Waals surface area contributed by atoms with Gasteiger partial charge < -0.3 is 15.4 Å². The minimum atomic E-state index is -0.699. The van der Waals surface area contributed by atoms with E-state index in [-0.39, 0.29) is 17.9 Å². The number of hydrogen-bond acceptors (Lipinski definition) is 8. The van der Waals surface area contributed by atoms with E-state index in [1.807, 2.05) is 12.1 Å². The summed E-state index contributed by atoms with van der Waals surface area (Å²) in [7, 11) is 0. The number of benzene rings is 1. The molecule has 3 aromatic heterocycles. The van der Waals surface area contributed by atoms with E-state index in [1.54, 1.807) is 19.3 Å². The molecule has 1 aliphatic rings. The van der Waals surface area contributed by atoms with Crippen molar-refractivity contribution in [2.24, 2.45) is 5.10 Å². The van der Waals surface area contributed by atoms with Crippen LogP contribution in [0, 0.1) is 24.0 Å². The number of hydrogen-bond donors (Lipinski definition) is 2. The van der Waals surface area contributed by atoms with Crippen LogP contribution in [0.25, 0.3) is 11.0 Å². The highest BCUT2D eigenvalue weighted by Crippen LogP contribution is 2.21. The van der Waals surface area contributed by atoms with Crippen molar-refractivity contribution in [1.29, 1.82) is 0 Å². The summed E-state index contributed by atoms with van der Waals surface area (Å²) in [5.74, 6) is 1.60. The third kappa shape index (κ3) is 5.82. The number of halogens is 2. The summed E-state index contributed by atoms with van der Waals surface area (Å²) >= 11 is 0. The predicted molar refractivity (Wildman–Crippen MR) is 139 cm³/mol. The fraction of sp³-hybridized carbons (Fsp3) is 0.296. The summed E-state index contributed by atoms with van der Waals surface area (Å²) in [6, 6.07) is 7.37. The molecule has 0 amide bonds. The van der Waals surface area contributed by atoms with Gasteiger partial charge in [-0.25, -0.2) is 8.78 Å². The number of nitrogens with one attached hydrogen (secondary N) is 2. The monoisotopic (exact) mass is 516 g/mol. The van der Waals surface area contributed by atoms with Gasteiger partial charge in [-0.1, -0.05) is 0 Å². The van der Waals surface area contributed by atoms with Crippen LogP contribution in [-0.4, -0.2) is 49.7 Å². The predicted octanol–water partition coefficient (Wildman–Crippen LogP) is 3.63. The Morgan fingerprint density at radius 1 is 1.24 bits per heavy atom. The van der Waals surface area contributed by atoms with Crippen molar-refractivity contribution in [2.75, 3.05) is 18.5 Å². The van der Waals surface area contributed by atoms with Crippen molar-refractivity contribution in [3.63, 3.8) is 0 Å². The van der Waals surface area contributed by atoms with Crippen molar-refractivity contribution in [3.8, 4) is 12.3 Å². The molecule has 1 saturated heterocycles. The first-order valence-electron chi connectivity index (χ1n) is 12.2. The molecule has 1 aliphatic heterocycles. The third-order valence-electron chi connectivity index (χ3n) is 6.19. The average molecular weight is 517 g/mol. The SMILES string of the molecule is C#Cc1nnc(CNc2ccnc3cc(COC[C@H]4CCCN4)cnc23)n1/N=C(\C)c1cc(F)cc(F)c1. The van der Waals surface area contributed by atoms with Gasteiger partial charge in [0.1, 0.15) is 17.2 Å². The standard InChI is InChI=1S/C27H26F2N8O/c1-3-25-34-35-26(37(25)36-17(2)19-10-20(28)12-21(29)11-19)14-32-23-6-8-31-24-9-18(13-33-27(23)24)15-38-16-22-5-4-7-30-22/h1,6,8-13,22,30H,4-5,7,14-16H2,2H3,(H,31,32)/b36-17+/t22-/m1/s1. The molecule has 1 aromatic carbocycles. The Balaban J connectivity index is 1.32. The van der Waals surface area contributed by atoms with Gasteiger partial charge in [0.15, 0.2) is 5.82 Å². The van der Waals surface area contributed by atoms with Gasteiger partial charge in [0.25, 0.3) is 0 Å². The number of fused-ring (bicyclic) bond motifs is 1. The summed E-state index contributed by atoms with van der Waals surface area (Å²) in [6.07, 6.45) is 11.4. The molecule has 9 nitrogen and oxygen atoms in total. The molecule has 4 heterocycles. The van der Waals surface area contributed by atoms with Crippen molar-refractivity contribution in [3.05, 3.63) is 77.1 Å².